The molecule has 0 aromatic heterocycles. The monoisotopic (exact) mass is 209 g/mol. The molecule has 1 aromatic rings. The summed E-state index contributed by atoms with van der Waals surface area (Å²) in [7, 11) is 1.66. The summed E-state index contributed by atoms with van der Waals surface area (Å²) in [5.41, 5.74) is 6.74. The highest BCUT2D eigenvalue weighted by molar-refractivity contribution is 5.47. The van der Waals surface area contributed by atoms with Crippen molar-refractivity contribution in [2.75, 3.05) is 20.3 Å². The predicted molar refractivity (Wildman–Crippen MR) is 61.6 cm³/mol. The van der Waals surface area contributed by atoms with Gasteiger partial charge in [0, 0.05) is 11.5 Å². The van der Waals surface area contributed by atoms with E-state index in [9.17, 15) is 0 Å². The van der Waals surface area contributed by atoms with Crippen LogP contribution in [0.4, 0.5) is 0 Å². The van der Waals surface area contributed by atoms with Crippen molar-refractivity contribution in [3.63, 3.8) is 0 Å². The molecule has 1 rings (SSSR count). The SMILES string of the molecule is CCOc1cccc(OC)c1C(C)CN. The molecule has 1 aromatic carbocycles. The van der Waals surface area contributed by atoms with Crippen LogP contribution < -0.4 is 15.2 Å². The largest absolute Gasteiger partial charge is 0.496 e. The summed E-state index contributed by atoms with van der Waals surface area (Å²) in [6.45, 7) is 5.27. The van der Waals surface area contributed by atoms with Crippen LogP contribution >= 0.6 is 0 Å². The Kier molecular flexibility index (Phi) is 4.43. The van der Waals surface area contributed by atoms with Crippen LogP contribution in [0.5, 0.6) is 11.5 Å². The molecule has 15 heavy (non-hydrogen) atoms. The van der Waals surface area contributed by atoms with Crippen LogP contribution in [0.25, 0.3) is 0 Å². The van der Waals surface area contributed by atoms with E-state index in [4.69, 9.17) is 15.2 Å². The fourth-order valence-electron chi connectivity index (χ4n) is 1.59. The Morgan fingerprint density at radius 1 is 1.33 bits per heavy atom. The van der Waals surface area contributed by atoms with Crippen LogP contribution in [-0.2, 0) is 0 Å². The topological polar surface area (TPSA) is 44.5 Å². The Morgan fingerprint density at radius 3 is 2.53 bits per heavy atom. The third-order valence-electron chi connectivity index (χ3n) is 2.39. The molecular weight excluding hydrogens is 190 g/mol. The molecule has 0 spiro atoms. The first kappa shape index (κ1) is 11.9. The second kappa shape index (κ2) is 5.61. The van der Waals surface area contributed by atoms with Gasteiger partial charge in [-0.3, -0.25) is 0 Å². The van der Waals surface area contributed by atoms with E-state index in [-0.39, 0.29) is 5.92 Å². The van der Waals surface area contributed by atoms with Crippen molar-refractivity contribution in [1.29, 1.82) is 0 Å². The van der Waals surface area contributed by atoms with Crippen LogP contribution in [0.1, 0.15) is 25.3 Å². The van der Waals surface area contributed by atoms with Gasteiger partial charge in [0.15, 0.2) is 0 Å². The average molecular weight is 209 g/mol. The molecule has 1 atom stereocenters. The maximum Gasteiger partial charge on any atom is 0.126 e. The molecule has 2 N–H and O–H groups in total. The van der Waals surface area contributed by atoms with Gasteiger partial charge in [-0.05, 0) is 25.6 Å². The quantitative estimate of drug-likeness (QED) is 0.808. The van der Waals surface area contributed by atoms with E-state index >= 15 is 0 Å². The molecule has 0 bridgehead atoms. The van der Waals surface area contributed by atoms with Crippen LogP contribution in [0.3, 0.4) is 0 Å². The number of benzene rings is 1. The summed E-state index contributed by atoms with van der Waals surface area (Å²) < 4.78 is 10.9. The number of methoxy groups -OCH3 is 1. The third-order valence-corrected chi connectivity index (χ3v) is 2.39. The molecule has 0 aliphatic rings. The molecule has 3 nitrogen and oxygen atoms in total. The van der Waals surface area contributed by atoms with E-state index in [1.807, 2.05) is 25.1 Å². The molecule has 1 unspecified atom stereocenters. The van der Waals surface area contributed by atoms with Gasteiger partial charge in [-0.25, -0.2) is 0 Å². The molecular formula is C12H19NO2. The fraction of sp³-hybridized carbons (Fsp3) is 0.500. The van der Waals surface area contributed by atoms with Gasteiger partial charge in [0.1, 0.15) is 11.5 Å². The minimum absolute atomic E-state index is 0.239. The van der Waals surface area contributed by atoms with Crippen molar-refractivity contribution in [3.05, 3.63) is 23.8 Å². The molecule has 0 saturated carbocycles. The molecule has 3 heteroatoms. The lowest BCUT2D eigenvalue weighted by atomic mass is 9.99. The average Bonchev–Trinajstić information content (AvgIpc) is 2.28. The van der Waals surface area contributed by atoms with E-state index in [1.165, 1.54) is 0 Å². The highest BCUT2D eigenvalue weighted by Gasteiger charge is 2.15. The Hall–Kier alpha value is -1.22. The number of hydrogen-bond acceptors (Lipinski definition) is 3. The highest BCUT2D eigenvalue weighted by atomic mass is 16.5. The van der Waals surface area contributed by atoms with Crippen molar-refractivity contribution < 1.29 is 9.47 Å². The van der Waals surface area contributed by atoms with Gasteiger partial charge in [0.2, 0.25) is 0 Å². The number of rotatable bonds is 5. The molecule has 0 saturated heterocycles. The molecule has 0 aliphatic heterocycles. The van der Waals surface area contributed by atoms with Crippen molar-refractivity contribution in [2.24, 2.45) is 5.73 Å². The summed E-state index contributed by atoms with van der Waals surface area (Å²) >= 11 is 0. The van der Waals surface area contributed by atoms with Crippen LogP contribution in [0.2, 0.25) is 0 Å². The van der Waals surface area contributed by atoms with E-state index in [2.05, 4.69) is 6.92 Å². The summed E-state index contributed by atoms with van der Waals surface area (Å²) in [6, 6.07) is 5.81. The van der Waals surface area contributed by atoms with Gasteiger partial charge in [-0.1, -0.05) is 13.0 Å². The summed E-state index contributed by atoms with van der Waals surface area (Å²) in [5, 5.41) is 0. The van der Waals surface area contributed by atoms with Crippen LogP contribution in [-0.4, -0.2) is 20.3 Å². The summed E-state index contributed by atoms with van der Waals surface area (Å²) in [4.78, 5) is 0. The first-order valence-corrected chi connectivity index (χ1v) is 5.24. The van der Waals surface area contributed by atoms with Crippen LogP contribution in [0.15, 0.2) is 18.2 Å². The summed E-state index contributed by atoms with van der Waals surface area (Å²) in [5.74, 6) is 1.96. The number of hydrogen-bond donors (Lipinski definition) is 1. The molecule has 0 heterocycles. The number of nitrogens with two attached hydrogens (primary N) is 1. The standard InChI is InChI=1S/C12H19NO2/c1-4-15-11-7-5-6-10(14-3)12(11)9(2)8-13/h5-7,9H,4,8,13H2,1-3H3. The molecule has 0 fully saturated rings. The predicted octanol–water partition coefficient (Wildman–Crippen LogP) is 2.16. The maximum atomic E-state index is 5.68. The van der Waals surface area contributed by atoms with Crippen molar-refractivity contribution >= 4 is 0 Å². The van der Waals surface area contributed by atoms with Gasteiger partial charge >= 0.3 is 0 Å². The zero-order chi connectivity index (χ0) is 11.3. The van der Waals surface area contributed by atoms with E-state index < -0.39 is 0 Å². The minimum Gasteiger partial charge on any atom is -0.496 e. The van der Waals surface area contributed by atoms with Crippen molar-refractivity contribution in [2.45, 2.75) is 19.8 Å². The minimum atomic E-state index is 0.239. The molecule has 0 radical (unpaired) electrons. The second-order valence-electron chi connectivity index (χ2n) is 3.44. The van der Waals surface area contributed by atoms with E-state index in [0.717, 1.165) is 17.1 Å². The Bertz CT molecular complexity index is 312. The van der Waals surface area contributed by atoms with E-state index in [1.54, 1.807) is 7.11 Å². The lowest BCUT2D eigenvalue weighted by Crippen LogP contribution is -2.11. The first-order chi connectivity index (χ1) is 7.24. The van der Waals surface area contributed by atoms with Gasteiger partial charge in [-0.2, -0.15) is 0 Å². The molecule has 84 valence electrons. The van der Waals surface area contributed by atoms with Crippen molar-refractivity contribution in [1.82, 2.24) is 0 Å². The zero-order valence-corrected chi connectivity index (χ0v) is 9.62. The van der Waals surface area contributed by atoms with E-state index in [0.29, 0.717) is 13.2 Å². The third kappa shape index (κ3) is 2.63. The zero-order valence-electron chi connectivity index (χ0n) is 9.62. The Labute approximate surface area is 91.2 Å². The molecule has 0 aliphatic carbocycles. The Morgan fingerprint density at radius 2 is 2.00 bits per heavy atom. The lowest BCUT2D eigenvalue weighted by Gasteiger charge is -2.18. The Balaban J connectivity index is 3.14. The molecule has 0 amide bonds. The maximum absolute atomic E-state index is 5.68. The van der Waals surface area contributed by atoms with Gasteiger partial charge < -0.3 is 15.2 Å². The van der Waals surface area contributed by atoms with Gasteiger partial charge in [0.25, 0.3) is 0 Å². The highest BCUT2D eigenvalue weighted by Crippen LogP contribution is 2.34. The first-order valence-electron chi connectivity index (χ1n) is 5.24. The summed E-state index contributed by atoms with van der Waals surface area (Å²) in [6.07, 6.45) is 0. The fourth-order valence-corrected chi connectivity index (χ4v) is 1.59. The number of ether oxygens (including phenoxy) is 2. The normalized spacial score (nSPS) is 12.3. The second-order valence-corrected chi connectivity index (χ2v) is 3.44. The van der Waals surface area contributed by atoms with Crippen molar-refractivity contribution in [3.8, 4) is 11.5 Å². The smallest absolute Gasteiger partial charge is 0.126 e. The van der Waals surface area contributed by atoms with Gasteiger partial charge in [0.05, 0.1) is 13.7 Å². The lowest BCUT2D eigenvalue weighted by molar-refractivity contribution is 0.328. The van der Waals surface area contributed by atoms with Gasteiger partial charge in [-0.15, -0.1) is 0 Å². The van der Waals surface area contributed by atoms with Crippen LogP contribution in [0, 0.1) is 0 Å².